The average molecular weight is 326 g/mol. The predicted octanol–water partition coefficient (Wildman–Crippen LogP) is 4.75. The Kier molecular flexibility index (Phi) is 6.55. The zero-order chi connectivity index (χ0) is 17.4. The molecule has 0 saturated heterocycles. The van der Waals surface area contributed by atoms with Gasteiger partial charge in [0.2, 0.25) is 0 Å². The van der Waals surface area contributed by atoms with E-state index in [9.17, 15) is 14.7 Å². The number of carboxylic acid groups (broad SMARTS) is 1. The van der Waals surface area contributed by atoms with Crippen molar-refractivity contribution >= 4 is 17.8 Å². The van der Waals surface area contributed by atoms with Gasteiger partial charge in [0.1, 0.15) is 5.76 Å². The number of aliphatic carboxylic acids is 1. The van der Waals surface area contributed by atoms with Crippen LogP contribution < -0.4 is 0 Å². The highest BCUT2D eigenvalue weighted by molar-refractivity contribution is 5.96. The van der Waals surface area contributed by atoms with Crippen LogP contribution in [-0.4, -0.2) is 16.9 Å². The molecule has 0 bridgehead atoms. The molecular formula is C20H22O4. The molecule has 0 atom stereocenters. The molecule has 2 aromatic rings. The Bertz CT molecular complexity index is 694. The van der Waals surface area contributed by atoms with E-state index in [-0.39, 0.29) is 11.4 Å². The third kappa shape index (κ3) is 5.23. The van der Waals surface area contributed by atoms with Gasteiger partial charge in [-0.1, -0.05) is 37.6 Å². The minimum Gasteiger partial charge on any atom is -0.478 e. The van der Waals surface area contributed by atoms with Crippen molar-refractivity contribution in [3.8, 4) is 0 Å². The molecule has 2 rings (SSSR count). The zero-order valence-electron chi connectivity index (χ0n) is 13.8. The Balaban J connectivity index is 1.89. The van der Waals surface area contributed by atoms with Gasteiger partial charge in [-0.05, 0) is 43.0 Å². The summed E-state index contributed by atoms with van der Waals surface area (Å²) in [5.74, 6) is -0.436. The SMILES string of the molecule is CCCc1ccc(C(=O)CCC/C(=C/c2ccco2)C(=O)O)cc1. The number of furan rings is 1. The minimum atomic E-state index is -0.984. The standard InChI is InChI=1S/C20H22O4/c1-2-5-15-9-11-16(12-10-15)19(21)8-3-6-17(20(22)23)14-18-7-4-13-24-18/h4,7,9-14H,2-3,5-6,8H2,1H3,(H,22,23)/b17-14-. The lowest BCUT2D eigenvalue weighted by Gasteiger charge is -2.04. The number of benzene rings is 1. The van der Waals surface area contributed by atoms with Crippen molar-refractivity contribution in [1.82, 2.24) is 0 Å². The normalized spacial score (nSPS) is 11.5. The molecule has 1 aromatic heterocycles. The van der Waals surface area contributed by atoms with Crippen LogP contribution >= 0.6 is 0 Å². The fourth-order valence-corrected chi connectivity index (χ4v) is 2.52. The molecule has 4 nitrogen and oxygen atoms in total. The Hall–Kier alpha value is -2.62. The number of aryl methyl sites for hydroxylation is 1. The van der Waals surface area contributed by atoms with Crippen LogP contribution in [0.4, 0.5) is 0 Å². The Morgan fingerprint density at radius 3 is 2.46 bits per heavy atom. The number of carbonyl (C=O) groups is 2. The number of ketones is 1. The van der Waals surface area contributed by atoms with Crippen LogP contribution in [0, 0.1) is 0 Å². The van der Waals surface area contributed by atoms with E-state index in [1.54, 1.807) is 12.1 Å². The first-order chi connectivity index (χ1) is 11.6. The van der Waals surface area contributed by atoms with E-state index in [2.05, 4.69) is 6.92 Å². The molecule has 126 valence electrons. The topological polar surface area (TPSA) is 67.5 Å². The van der Waals surface area contributed by atoms with E-state index >= 15 is 0 Å². The number of rotatable bonds is 9. The first kappa shape index (κ1) is 17.7. The molecule has 1 aromatic carbocycles. The summed E-state index contributed by atoms with van der Waals surface area (Å²) >= 11 is 0. The van der Waals surface area contributed by atoms with E-state index in [1.807, 2.05) is 24.3 Å². The molecule has 1 N–H and O–H groups in total. The maximum absolute atomic E-state index is 12.2. The maximum Gasteiger partial charge on any atom is 0.331 e. The second-order valence-corrected chi connectivity index (χ2v) is 5.71. The van der Waals surface area contributed by atoms with Gasteiger partial charge in [-0.15, -0.1) is 0 Å². The molecule has 0 aliphatic carbocycles. The third-order valence-corrected chi connectivity index (χ3v) is 3.80. The van der Waals surface area contributed by atoms with Crippen molar-refractivity contribution in [1.29, 1.82) is 0 Å². The molecule has 0 radical (unpaired) electrons. The van der Waals surface area contributed by atoms with Crippen LogP contribution in [0.2, 0.25) is 0 Å². The van der Waals surface area contributed by atoms with Gasteiger partial charge in [-0.2, -0.15) is 0 Å². The van der Waals surface area contributed by atoms with E-state index in [0.717, 1.165) is 12.8 Å². The van der Waals surface area contributed by atoms with E-state index in [4.69, 9.17) is 4.42 Å². The highest BCUT2D eigenvalue weighted by atomic mass is 16.4. The lowest BCUT2D eigenvalue weighted by molar-refractivity contribution is -0.132. The average Bonchev–Trinajstić information content (AvgIpc) is 3.07. The molecule has 0 fully saturated rings. The summed E-state index contributed by atoms with van der Waals surface area (Å²) in [7, 11) is 0. The number of Topliss-reactive ketones (excluding diaryl/α,β-unsaturated/α-hetero) is 1. The summed E-state index contributed by atoms with van der Waals surface area (Å²) in [5, 5.41) is 9.24. The lowest BCUT2D eigenvalue weighted by Crippen LogP contribution is -2.03. The summed E-state index contributed by atoms with van der Waals surface area (Å²) < 4.78 is 5.14. The molecule has 0 aliphatic rings. The van der Waals surface area contributed by atoms with Gasteiger partial charge in [-0.25, -0.2) is 4.79 Å². The number of carbonyl (C=O) groups excluding carboxylic acids is 1. The van der Waals surface area contributed by atoms with Gasteiger partial charge in [-0.3, -0.25) is 4.79 Å². The van der Waals surface area contributed by atoms with Crippen molar-refractivity contribution in [3.63, 3.8) is 0 Å². The third-order valence-electron chi connectivity index (χ3n) is 3.80. The minimum absolute atomic E-state index is 0.0424. The number of carboxylic acids is 1. The van der Waals surface area contributed by atoms with Gasteiger partial charge in [0.05, 0.1) is 6.26 Å². The largest absolute Gasteiger partial charge is 0.478 e. The molecule has 0 spiro atoms. The Morgan fingerprint density at radius 1 is 1.12 bits per heavy atom. The first-order valence-electron chi connectivity index (χ1n) is 8.19. The maximum atomic E-state index is 12.2. The van der Waals surface area contributed by atoms with Crippen LogP contribution in [0.3, 0.4) is 0 Å². The van der Waals surface area contributed by atoms with Gasteiger partial charge in [0.25, 0.3) is 0 Å². The fraction of sp³-hybridized carbons (Fsp3) is 0.300. The molecule has 4 heteroatoms. The highest BCUT2D eigenvalue weighted by Crippen LogP contribution is 2.16. The van der Waals surface area contributed by atoms with Crippen molar-refractivity contribution in [2.45, 2.75) is 39.0 Å². The smallest absolute Gasteiger partial charge is 0.331 e. The van der Waals surface area contributed by atoms with E-state index < -0.39 is 5.97 Å². The molecule has 24 heavy (non-hydrogen) atoms. The summed E-state index contributed by atoms with van der Waals surface area (Å²) in [5.41, 5.74) is 2.15. The van der Waals surface area contributed by atoms with Gasteiger partial charge < -0.3 is 9.52 Å². The molecule has 0 unspecified atom stereocenters. The van der Waals surface area contributed by atoms with Crippen LogP contribution in [-0.2, 0) is 11.2 Å². The van der Waals surface area contributed by atoms with Crippen LogP contribution in [0.25, 0.3) is 6.08 Å². The quantitative estimate of drug-likeness (QED) is 0.533. The molecule has 1 heterocycles. The van der Waals surface area contributed by atoms with Crippen LogP contribution in [0.1, 0.15) is 54.3 Å². The van der Waals surface area contributed by atoms with Gasteiger partial charge in [0, 0.05) is 17.6 Å². The summed E-state index contributed by atoms with van der Waals surface area (Å²) in [6.07, 6.45) is 6.24. The zero-order valence-corrected chi connectivity index (χ0v) is 13.8. The molecular weight excluding hydrogens is 304 g/mol. The van der Waals surface area contributed by atoms with Crippen LogP contribution in [0.5, 0.6) is 0 Å². The highest BCUT2D eigenvalue weighted by Gasteiger charge is 2.11. The van der Waals surface area contributed by atoms with Gasteiger partial charge in [0.15, 0.2) is 5.78 Å². The molecule has 0 amide bonds. The predicted molar refractivity (Wildman–Crippen MR) is 92.9 cm³/mol. The summed E-state index contributed by atoms with van der Waals surface area (Å²) in [6, 6.07) is 11.1. The number of hydrogen-bond acceptors (Lipinski definition) is 3. The lowest BCUT2D eigenvalue weighted by atomic mass is 10.0. The molecule has 0 saturated carbocycles. The second-order valence-electron chi connectivity index (χ2n) is 5.71. The monoisotopic (exact) mass is 326 g/mol. The molecule has 0 aliphatic heterocycles. The van der Waals surface area contributed by atoms with Crippen molar-refractivity contribution in [2.75, 3.05) is 0 Å². The van der Waals surface area contributed by atoms with Crippen molar-refractivity contribution in [3.05, 3.63) is 65.1 Å². The number of hydrogen-bond donors (Lipinski definition) is 1. The van der Waals surface area contributed by atoms with Crippen LogP contribution in [0.15, 0.2) is 52.7 Å². The summed E-state index contributed by atoms with van der Waals surface area (Å²) in [6.45, 7) is 2.12. The van der Waals surface area contributed by atoms with Crippen molar-refractivity contribution < 1.29 is 19.1 Å². The Labute approximate surface area is 141 Å². The van der Waals surface area contributed by atoms with Gasteiger partial charge >= 0.3 is 5.97 Å². The van der Waals surface area contributed by atoms with Crippen molar-refractivity contribution in [2.24, 2.45) is 0 Å². The van der Waals surface area contributed by atoms with E-state index in [0.29, 0.717) is 30.6 Å². The Morgan fingerprint density at radius 2 is 1.88 bits per heavy atom. The van der Waals surface area contributed by atoms with E-state index in [1.165, 1.54) is 17.9 Å². The first-order valence-corrected chi connectivity index (χ1v) is 8.19. The summed E-state index contributed by atoms with van der Waals surface area (Å²) in [4.78, 5) is 23.5. The second kappa shape index (κ2) is 8.87. The fourth-order valence-electron chi connectivity index (χ4n) is 2.52.